The van der Waals surface area contributed by atoms with Gasteiger partial charge in [0, 0.05) is 36.2 Å². The number of rotatable bonds is 8. The molecule has 0 aliphatic carbocycles. The first-order valence-corrected chi connectivity index (χ1v) is 11.3. The molecular formula is C25H28ClN3O3. The van der Waals surface area contributed by atoms with Gasteiger partial charge in [-0.15, -0.1) is 0 Å². The summed E-state index contributed by atoms with van der Waals surface area (Å²) in [6.45, 7) is 6.56. The topological polar surface area (TPSA) is 56.6 Å². The molecule has 168 valence electrons. The Bertz CT molecular complexity index is 1080. The van der Waals surface area contributed by atoms with Gasteiger partial charge in [-0.25, -0.2) is 0 Å². The minimum absolute atomic E-state index is 0.168. The lowest BCUT2D eigenvalue weighted by Crippen LogP contribution is -2.39. The zero-order chi connectivity index (χ0) is 22.5. The average molecular weight is 454 g/mol. The van der Waals surface area contributed by atoms with Crippen molar-refractivity contribution in [2.75, 3.05) is 13.2 Å². The molecule has 1 aliphatic rings. The molecule has 3 heterocycles. The van der Waals surface area contributed by atoms with E-state index in [1.165, 1.54) is 18.9 Å². The smallest absolute Gasteiger partial charge is 0.258 e. The third-order valence-corrected chi connectivity index (χ3v) is 5.93. The first kappa shape index (κ1) is 22.4. The Hall–Kier alpha value is -2.83. The van der Waals surface area contributed by atoms with Gasteiger partial charge in [0.05, 0.1) is 10.7 Å². The van der Waals surface area contributed by atoms with Crippen LogP contribution in [0.5, 0.6) is 11.5 Å². The SMILES string of the molecule is CC(C)N1CCC[C@@H]1COc1ccc(-n2ccc(OCc3ccc(Cl)cn3)cc2=O)cc1. The summed E-state index contributed by atoms with van der Waals surface area (Å²) in [4.78, 5) is 19.3. The number of hydrogen-bond donors (Lipinski definition) is 0. The van der Waals surface area contributed by atoms with E-state index >= 15 is 0 Å². The molecule has 1 aromatic carbocycles. The van der Waals surface area contributed by atoms with Gasteiger partial charge in [0.25, 0.3) is 5.56 Å². The zero-order valence-corrected chi connectivity index (χ0v) is 19.2. The summed E-state index contributed by atoms with van der Waals surface area (Å²) in [7, 11) is 0. The summed E-state index contributed by atoms with van der Waals surface area (Å²) in [6.07, 6.45) is 5.68. The number of likely N-dealkylation sites (tertiary alicyclic amines) is 1. The van der Waals surface area contributed by atoms with Crippen LogP contribution in [0.15, 0.2) is 65.7 Å². The molecule has 7 heteroatoms. The second-order valence-electron chi connectivity index (χ2n) is 8.26. The van der Waals surface area contributed by atoms with Crippen LogP contribution in [0, 0.1) is 0 Å². The lowest BCUT2D eigenvalue weighted by atomic mass is 10.2. The van der Waals surface area contributed by atoms with E-state index in [0.29, 0.717) is 29.5 Å². The fourth-order valence-electron chi connectivity index (χ4n) is 4.03. The van der Waals surface area contributed by atoms with Gasteiger partial charge in [-0.2, -0.15) is 0 Å². The number of benzene rings is 1. The lowest BCUT2D eigenvalue weighted by Gasteiger charge is -2.28. The van der Waals surface area contributed by atoms with E-state index in [1.54, 1.807) is 35.2 Å². The second kappa shape index (κ2) is 10.2. The molecule has 1 atom stereocenters. The lowest BCUT2D eigenvalue weighted by molar-refractivity contribution is 0.144. The normalized spacial score (nSPS) is 16.4. The maximum absolute atomic E-state index is 12.6. The molecular weight excluding hydrogens is 426 g/mol. The van der Waals surface area contributed by atoms with Crippen LogP contribution in [0.25, 0.3) is 5.69 Å². The molecule has 4 rings (SSSR count). The number of nitrogens with zero attached hydrogens (tertiary/aromatic N) is 3. The summed E-state index contributed by atoms with van der Waals surface area (Å²) in [5.41, 5.74) is 1.35. The molecule has 32 heavy (non-hydrogen) atoms. The number of hydrogen-bond acceptors (Lipinski definition) is 5. The fraction of sp³-hybridized carbons (Fsp3) is 0.360. The second-order valence-corrected chi connectivity index (χ2v) is 8.70. The third kappa shape index (κ3) is 5.50. The van der Waals surface area contributed by atoms with Crippen LogP contribution in [0.1, 0.15) is 32.4 Å². The van der Waals surface area contributed by atoms with Crippen LogP contribution in [-0.2, 0) is 6.61 Å². The Labute approximate surface area is 193 Å². The van der Waals surface area contributed by atoms with Gasteiger partial charge in [-0.3, -0.25) is 19.2 Å². The number of halogens is 1. The number of pyridine rings is 2. The van der Waals surface area contributed by atoms with Crippen LogP contribution >= 0.6 is 11.6 Å². The molecule has 6 nitrogen and oxygen atoms in total. The van der Waals surface area contributed by atoms with Gasteiger partial charge in [0.15, 0.2) is 0 Å². The van der Waals surface area contributed by atoms with Crippen molar-refractivity contribution in [2.24, 2.45) is 0 Å². The number of aromatic nitrogens is 2. The highest BCUT2D eigenvalue weighted by atomic mass is 35.5. The van der Waals surface area contributed by atoms with Crippen molar-refractivity contribution in [2.45, 2.75) is 45.4 Å². The highest BCUT2D eigenvalue weighted by Crippen LogP contribution is 2.22. The minimum Gasteiger partial charge on any atom is -0.492 e. The summed E-state index contributed by atoms with van der Waals surface area (Å²) in [5, 5.41) is 0.573. The Balaban J connectivity index is 1.36. The molecule has 2 aromatic heterocycles. The first-order chi connectivity index (χ1) is 15.5. The molecule has 0 spiro atoms. The summed E-state index contributed by atoms with van der Waals surface area (Å²) >= 11 is 5.84. The molecule has 3 aromatic rings. The maximum atomic E-state index is 12.6. The van der Waals surface area contributed by atoms with Crippen molar-refractivity contribution < 1.29 is 9.47 Å². The van der Waals surface area contributed by atoms with Crippen molar-refractivity contribution >= 4 is 11.6 Å². The Morgan fingerprint density at radius 1 is 1.09 bits per heavy atom. The standard InChI is InChI=1S/C25H28ClN3O3/c1-18(2)28-12-3-4-22(28)17-32-23-9-7-21(8-10-23)29-13-11-24(14-25(29)30)31-16-20-6-5-19(26)15-27-20/h5-11,13-15,18,22H,3-4,12,16-17H2,1-2H3/t22-/m1/s1. The predicted molar refractivity (Wildman–Crippen MR) is 126 cm³/mol. The van der Waals surface area contributed by atoms with Gasteiger partial charge in [0.2, 0.25) is 0 Å². The third-order valence-electron chi connectivity index (χ3n) is 5.71. The largest absolute Gasteiger partial charge is 0.492 e. The van der Waals surface area contributed by atoms with E-state index in [2.05, 4.69) is 23.7 Å². The molecule has 0 unspecified atom stereocenters. The first-order valence-electron chi connectivity index (χ1n) is 10.9. The maximum Gasteiger partial charge on any atom is 0.258 e. The van der Waals surface area contributed by atoms with Crippen LogP contribution in [0.4, 0.5) is 0 Å². The van der Waals surface area contributed by atoms with Crippen molar-refractivity contribution in [3.05, 3.63) is 82.0 Å². The molecule has 1 aliphatic heterocycles. The molecule has 0 bridgehead atoms. The Morgan fingerprint density at radius 3 is 2.59 bits per heavy atom. The molecule has 1 fully saturated rings. The fourth-order valence-corrected chi connectivity index (χ4v) is 4.14. The summed E-state index contributed by atoms with van der Waals surface area (Å²) in [5.74, 6) is 1.31. The van der Waals surface area contributed by atoms with Crippen molar-refractivity contribution in [1.82, 2.24) is 14.5 Å². The highest BCUT2D eigenvalue weighted by Gasteiger charge is 2.26. The Morgan fingerprint density at radius 2 is 1.91 bits per heavy atom. The van der Waals surface area contributed by atoms with E-state index in [4.69, 9.17) is 21.1 Å². The van der Waals surface area contributed by atoms with Crippen LogP contribution < -0.4 is 15.0 Å². The molecule has 0 amide bonds. The zero-order valence-electron chi connectivity index (χ0n) is 18.4. The molecule has 1 saturated heterocycles. The molecule has 0 radical (unpaired) electrons. The van der Waals surface area contributed by atoms with Crippen LogP contribution in [0.3, 0.4) is 0 Å². The van der Waals surface area contributed by atoms with Gasteiger partial charge in [0.1, 0.15) is 24.7 Å². The van der Waals surface area contributed by atoms with E-state index < -0.39 is 0 Å². The Kier molecular flexibility index (Phi) is 7.12. The van der Waals surface area contributed by atoms with Crippen molar-refractivity contribution in [1.29, 1.82) is 0 Å². The average Bonchev–Trinajstić information content (AvgIpc) is 3.27. The van der Waals surface area contributed by atoms with Crippen molar-refractivity contribution in [3.63, 3.8) is 0 Å². The predicted octanol–water partition coefficient (Wildman–Crippen LogP) is 4.72. The van der Waals surface area contributed by atoms with Gasteiger partial charge < -0.3 is 9.47 Å². The van der Waals surface area contributed by atoms with Gasteiger partial charge in [-0.05, 0) is 75.7 Å². The van der Waals surface area contributed by atoms with E-state index in [9.17, 15) is 4.79 Å². The summed E-state index contributed by atoms with van der Waals surface area (Å²) in [6, 6.07) is 15.4. The van der Waals surface area contributed by atoms with E-state index in [-0.39, 0.29) is 12.2 Å². The van der Waals surface area contributed by atoms with E-state index in [0.717, 1.165) is 23.7 Å². The van der Waals surface area contributed by atoms with Crippen LogP contribution in [-0.4, -0.2) is 39.7 Å². The highest BCUT2D eigenvalue weighted by molar-refractivity contribution is 6.30. The molecule has 0 N–H and O–H groups in total. The summed E-state index contributed by atoms with van der Waals surface area (Å²) < 4.78 is 13.3. The van der Waals surface area contributed by atoms with Gasteiger partial charge >= 0.3 is 0 Å². The minimum atomic E-state index is -0.168. The van der Waals surface area contributed by atoms with Gasteiger partial charge in [-0.1, -0.05) is 11.6 Å². The molecule has 0 saturated carbocycles. The monoisotopic (exact) mass is 453 g/mol. The van der Waals surface area contributed by atoms with Crippen LogP contribution in [0.2, 0.25) is 5.02 Å². The quantitative estimate of drug-likeness (QED) is 0.494. The van der Waals surface area contributed by atoms with Crippen molar-refractivity contribution in [3.8, 4) is 17.2 Å². The number of ether oxygens (including phenoxy) is 2. The van der Waals surface area contributed by atoms with E-state index in [1.807, 2.05) is 24.3 Å².